The quantitative estimate of drug-likeness (QED) is 0.725. The van der Waals surface area contributed by atoms with E-state index in [4.69, 9.17) is 5.73 Å². The van der Waals surface area contributed by atoms with E-state index in [1.165, 1.54) is 12.1 Å². The van der Waals surface area contributed by atoms with Crippen molar-refractivity contribution in [3.63, 3.8) is 0 Å². The topological polar surface area (TPSA) is 113 Å². The summed E-state index contributed by atoms with van der Waals surface area (Å²) in [4.78, 5) is 11.3. The highest BCUT2D eigenvalue weighted by molar-refractivity contribution is 7.92. The highest BCUT2D eigenvalue weighted by Gasteiger charge is 2.35. The van der Waals surface area contributed by atoms with Crippen LogP contribution in [0.1, 0.15) is 11.1 Å². The number of hydrogen-bond acceptors (Lipinski definition) is 5. The Labute approximate surface area is 146 Å². The Balaban J connectivity index is 1.73. The molecular formula is C17H19N3O4S. The second-order valence-corrected chi connectivity index (χ2v) is 7.61. The van der Waals surface area contributed by atoms with E-state index in [1.54, 1.807) is 6.07 Å². The number of nitrogens with two attached hydrogens (primary N) is 1. The number of hydrogen-bond donors (Lipinski definition) is 3. The number of phenols is 1. The molecule has 1 aliphatic rings. The molecule has 7 nitrogen and oxygen atoms in total. The van der Waals surface area contributed by atoms with Gasteiger partial charge in [-0.05, 0) is 36.1 Å². The Hall–Kier alpha value is -2.58. The van der Waals surface area contributed by atoms with Crippen molar-refractivity contribution in [3.8, 4) is 5.75 Å². The van der Waals surface area contributed by atoms with Gasteiger partial charge in [-0.2, -0.15) is 8.42 Å². The zero-order chi connectivity index (χ0) is 18.0. The van der Waals surface area contributed by atoms with Crippen molar-refractivity contribution in [2.45, 2.75) is 18.9 Å². The molecule has 1 heterocycles. The van der Waals surface area contributed by atoms with Gasteiger partial charge in [-0.3, -0.25) is 4.79 Å². The van der Waals surface area contributed by atoms with Crippen LogP contribution in [0.15, 0.2) is 48.5 Å². The summed E-state index contributed by atoms with van der Waals surface area (Å²) in [6.07, 6.45) is 1.23. The molecule has 1 atom stereocenters. The summed E-state index contributed by atoms with van der Waals surface area (Å²) in [6, 6.07) is 14.4. The molecule has 0 aromatic heterocycles. The van der Waals surface area contributed by atoms with Crippen LogP contribution in [0.4, 0.5) is 5.69 Å². The molecule has 132 valence electrons. The maximum Gasteiger partial charge on any atom is 0.326 e. The zero-order valence-corrected chi connectivity index (χ0v) is 14.2. The van der Waals surface area contributed by atoms with Crippen molar-refractivity contribution in [3.05, 3.63) is 59.7 Å². The predicted molar refractivity (Wildman–Crippen MR) is 94.3 cm³/mol. The van der Waals surface area contributed by atoms with Gasteiger partial charge in [0.05, 0.1) is 5.69 Å². The molecule has 1 saturated heterocycles. The van der Waals surface area contributed by atoms with E-state index in [1.807, 2.05) is 35.1 Å². The van der Waals surface area contributed by atoms with Crippen LogP contribution in [0.3, 0.4) is 0 Å². The SMILES string of the molecule is N[C@@H](Cc1ccccc1)Cc1ccc(N2CC(=O)NS2(=O)=O)c(O)c1. The lowest BCUT2D eigenvalue weighted by atomic mass is 9.99. The predicted octanol–water partition coefficient (Wildman–Crippen LogP) is 0.686. The third kappa shape index (κ3) is 3.92. The van der Waals surface area contributed by atoms with Gasteiger partial charge in [-0.15, -0.1) is 0 Å². The largest absolute Gasteiger partial charge is 0.506 e. The summed E-state index contributed by atoms with van der Waals surface area (Å²) in [7, 11) is -3.94. The molecule has 0 spiro atoms. The second-order valence-electron chi connectivity index (χ2n) is 6.01. The standard InChI is InChI=1S/C17H19N3O4S/c18-14(8-12-4-2-1-3-5-12)9-13-6-7-15(16(21)10-13)20-11-17(22)19-25(20,23)24/h1-7,10,14,21H,8-9,11,18H2,(H,19,22)/t14-/m0/s1. The molecule has 25 heavy (non-hydrogen) atoms. The monoisotopic (exact) mass is 361 g/mol. The van der Waals surface area contributed by atoms with E-state index in [0.29, 0.717) is 12.8 Å². The van der Waals surface area contributed by atoms with E-state index in [9.17, 15) is 18.3 Å². The van der Waals surface area contributed by atoms with E-state index in [0.717, 1.165) is 15.4 Å². The number of benzene rings is 2. The molecule has 2 aromatic rings. The summed E-state index contributed by atoms with van der Waals surface area (Å²) < 4.78 is 26.4. The van der Waals surface area contributed by atoms with E-state index >= 15 is 0 Å². The Morgan fingerprint density at radius 3 is 2.40 bits per heavy atom. The van der Waals surface area contributed by atoms with Crippen molar-refractivity contribution in [1.82, 2.24) is 4.72 Å². The average molecular weight is 361 g/mol. The molecule has 0 radical (unpaired) electrons. The fraction of sp³-hybridized carbons (Fsp3) is 0.235. The minimum absolute atomic E-state index is 0.0683. The van der Waals surface area contributed by atoms with Crippen molar-refractivity contribution in [2.75, 3.05) is 10.8 Å². The first-order chi connectivity index (χ1) is 11.8. The summed E-state index contributed by atoms with van der Waals surface area (Å²) in [6.45, 7) is -0.344. The van der Waals surface area contributed by atoms with Gasteiger partial charge >= 0.3 is 10.2 Å². The molecule has 0 bridgehead atoms. The number of aromatic hydroxyl groups is 1. The Morgan fingerprint density at radius 1 is 1.12 bits per heavy atom. The fourth-order valence-electron chi connectivity index (χ4n) is 2.86. The van der Waals surface area contributed by atoms with Crippen molar-refractivity contribution in [2.24, 2.45) is 5.73 Å². The number of phenolic OH excluding ortho intramolecular Hbond substituents is 1. The van der Waals surface area contributed by atoms with Crippen LogP contribution in [0, 0.1) is 0 Å². The van der Waals surface area contributed by atoms with Gasteiger partial charge in [0.15, 0.2) is 0 Å². The number of amides is 1. The van der Waals surface area contributed by atoms with E-state index < -0.39 is 16.1 Å². The molecule has 1 aliphatic heterocycles. The molecular weight excluding hydrogens is 342 g/mol. The van der Waals surface area contributed by atoms with Gasteiger partial charge in [0.25, 0.3) is 5.91 Å². The van der Waals surface area contributed by atoms with Crippen LogP contribution in [0.5, 0.6) is 5.75 Å². The van der Waals surface area contributed by atoms with Gasteiger partial charge < -0.3 is 10.8 Å². The molecule has 8 heteroatoms. The normalized spacial score (nSPS) is 17.3. The number of nitrogens with one attached hydrogen (secondary N) is 1. The second kappa shape index (κ2) is 6.73. The molecule has 4 N–H and O–H groups in total. The lowest BCUT2D eigenvalue weighted by Gasteiger charge is -2.17. The minimum Gasteiger partial charge on any atom is -0.506 e. The van der Waals surface area contributed by atoms with Crippen molar-refractivity contribution in [1.29, 1.82) is 0 Å². The van der Waals surface area contributed by atoms with Crippen LogP contribution in [-0.4, -0.2) is 32.0 Å². The van der Waals surface area contributed by atoms with Crippen LogP contribution < -0.4 is 14.8 Å². The number of anilines is 1. The lowest BCUT2D eigenvalue weighted by Crippen LogP contribution is -2.29. The summed E-state index contributed by atoms with van der Waals surface area (Å²) in [5.41, 5.74) is 8.16. The average Bonchev–Trinajstić information content (AvgIpc) is 2.80. The third-order valence-corrected chi connectivity index (χ3v) is 5.36. The summed E-state index contributed by atoms with van der Waals surface area (Å²) in [5.74, 6) is -0.835. The molecule has 3 rings (SSSR count). The maximum absolute atomic E-state index is 11.9. The molecule has 1 amide bonds. The van der Waals surface area contributed by atoms with Gasteiger partial charge in [0, 0.05) is 6.04 Å². The van der Waals surface area contributed by atoms with Crippen LogP contribution in [0.2, 0.25) is 0 Å². The Bertz CT molecular complexity index is 884. The van der Waals surface area contributed by atoms with Gasteiger partial charge in [0.1, 0.15) is 12.3 Å². The minimum atomic E-state index is -3.94. The molecule has 2 aromatic carbocycles. The number of carbonyl (C=O) groups excluding carboxylic acids is 1. The molecule has 0 unspecified atom stereocenters. The fourth-order valence-corrected chi connectivity index (χ4v) is 4.02. The third-order valence-electron chi connectivity index (χ3n) is 3.97. The molecule has 0 aliphatic carbocycles. The van der Waals surface area contributed by atoms with Crippen LogP contribution in [-0.2, 0) is 27.8 Å². The van der Waals surface area contributed by atoms with Crippen molar-refractivity contribution >= 4 is 21.8 Å². The first-order valence-corrected chi connectivity index (χ1v) is 9.24. The van der Waals surface area contributed by atoms with Gasteiger partial charge in [0.2, 0.25) is 0 Å². The number of carbonyl (C=O) groups is 1. The first kappa shape index (κ1) is 17.2. The van der Waals surface area contributed by atoms with Crippen LogP contribution >= 0.6 is 0 Å². The number of rotatable bonds is 5. The van der Waals surface area contributed by atoms with E-state index in [-0.39, 0.29) is 24.0 Å². The highest BCUT2D eigenvalue weighted by atomic mass is 32.2. The summed E-state index contributed by atoms with van der Waals surface area (Å²) in [5, 5.41) is 10.2. The Kier molecular flexibility index (Phi) is 4.65. The van der Waals surface area contributed by atoms with Gasteiger partial charge in [-0.1, -0.05) is 36.4 Å². The van der Waals surface area contributed by atoms with Crippen molar-refractivity contribution < 1.29 is 18.3 Å². The van der Waals surface area contributed by atoms with E-state index in [2.05, 4.69) is 0 Å². The smallest absolute Gasteiger partial charge is 0.326 e. The summed E-state index contributed by atoms with van der Waals surface area (Å²) >= 11 is 0. The maximum atomic E-state index is 11.9. The molecule has 1 fully saturated rings. The molecule has 0 saturated carbocycles. The van der Waals surface area contributed by atoms with Gasteiger partial charge in [-0.25, -0.2) is 9.03 Å². The Morgan fingerprint density at radius 2 is 1.80 bits per heavy atom. The zero-order valence-electron chi connectivity index (χ0n) is 13.4. The highest BCUT2D eigenvalue weighted by Crippen LogP contribution is 2.31. The van der Waals surface area contributed by atoms with Crippen LogP contribution in [0.25, 0.3) is 0 Å². The number of nitrogens with zero attached hydrogens (tertiary/aromatic N) is 1. The first-order valence-electron chi connectivity index (χ1n) is 7.80. The lowest BCUT2D eigenvalue weighted by molar-refractivity contribution is -0.117.